The van der Waals surface area contributed by atoms with Gasteiger partial charge in [0, 0.05) is 41.8 Å². The maximum atomic E-state index is 13.1. The van der Waals surface area contributed by atoms with Crippen LogP contribution in [0.5, 0.6) is 23.0 Å². The monoisotopic (exact) mass is 570 g/mol. The van der Waals surface area contributed by atoms with Gasteiger partial charge in [-0.2, -0.15) is 0 Å². The van der Waals surface area contributed by atoms with Crippen LogP contribution in [0.2, 0.25) is 0 Å². The fourth-order valence-electron chi connectivity index (χ4n) is 3.95. The fourth-order valence-corrected chi connectivity index (χ4v) is 3.95. The zero-order valence-electron chi connectivity index (χ0n) is 24.1. The summed E-state index contributed by atoms with van der Waals surface area (Å²) in [5.41, 5.74) is 1.06. The lowest BCUT2D eigenvalue weighted by Crippen LogP contribution is -2.29. The minimum Gasteiger partial charge on any atom is -0.493 e. The van der Waals surface area contributed by atoms with Crippen molar-refractivity contribution in [1.29, 1.82) is 0 Å². The van der Waals surface area contributed by atoms with Gasteiger partial charge in [0.1, 0.15) is 23.7 Å². The third kappa shape index (κ3) is 7.55. The lowest BCUT2D eigenvalue weighted by molar-refractivity contribution is -0.118. The summed E-state index contributed by atoms with van der Waals surface area (Å²) in [6.07, 6.45) is 1.62. The number of allylic oxidation sites excluding steroid dienone is 1. The predicted molar refractivity (Wildman–Crippen MR) is 162 cm³/mol. The van der Waals surface area contributed by atoms with Crippen LogP contribution in [0.25, 0.3) is 10.9 Å². The largest absolute Gasteiger partial charge is 0.493 e. The number of rotatable bonds is 11. The number of ether oxygens (including phenoxy) is 3. The predicted octanol–water partition coefficient (Wildman–Crippen LogP) is 5.26. The van der Waals surface area contributed by atoms with Gasteiger partial charge in [0.15, 0.2) is 11.5 Å². The molecule has 42 heavy (non-hydrogen) atoms. The summed E-state index contributed by atoms with van der Waals surface area (Å²) in [4.78, 5) is 30.5. The first-order chi connectivity index (χ1) is 20.1. The number of aliphatic hydroxyl groups is 1. The molecule has 1 aromatic heterocycles. The van der Waals surface area contributed by atoms with Gasteiger partial charge < -0.3 is 35.3 Å². The number of pyridine rings is 1. The Morgan fingerprint density at radius 3 is 2.12 bits per heavy atom. The second-order valence-electron chi connectivity index (χ2n) is 10.1. The van der Waals surface area contributed by atoms with Crippen LogP contribution in [0.15, 0.2) is 90.3 Å². The molecule has 218 valence electrons. The molecule has 4 aromatic rings. The summed E-state index contributed by atoms with van der Waals surface area (Å²) in [5.74, 6) is 0.899. The molecule has 0 saturated heterocycles. The molecule has 1 heterocycles. The van der Waals surface area contributed by atoms with Gasteiger partial charge >= 0.3 is 0 Å². The van der Waals surface area contributed by atoms with E-state index in [1.807, 2.05) is 6.07 Å². The van der Waals surface area contributed by atoms with E-state index in [4.69, 9.17) is 14.2 Å². The van der Waals surface area contributed by atoms with Crippen LogP contribution < -0.4 is 30.2 Å². The number of carbonyl (C=O) groups is 2. The van der Waals surface area contributed by atoms with Crippen molar-refractivity contribution in [2.45, 2.75) is 26.4 Å². The quantitative estimate of drug-likeness (QED) is 0.109. The van der Waals surface area contributed by atoms with Crippen molar-refractivity contribution in [3.63, 3.8) is 0 Å². The first-order valence-electron chi connectivity index (χ1n) is 13.2. The number of fused-ring (bicyclic) bond motifs is 1. The highest BCUT2D eigenvalue weighted by Crippen LogP contribution is 2.37. The van der Waals surface area contributed by atoms with Gasteiger partial charge in [0.25, 0.3) is 11.8 Å². The van der Waals surface area contributed by atoms with Crippen molar-refractivity contribution in [2.24, 2.45) is 0 Å². The molecule has 0 fully saturated rings. The highest BCUT2D eigenvalue weighted by molar-refractivity contribution is 6.26. The zero-order valence-corrected chi connectivity index (χ0v) is 24.1. The van der Waals surface area contributed by atoms with Crippen molar-refractivity contribution < 1.29 is 28.9 Å². The van der Waals surface area contributed by atoms with Crippen LogP contribution in [0, 0.1) is 0 Å². The van der Waals surface area contributed by atoms with Gasteiger partial charge in [-0.15, -0.1) is 0 Å². The van der Waals surface area contributed by atoms with Crippen LogP contribution in [-0.4, -0.2) is 48.3 Å². The van der Waals surface area contributed by atoms with Crippen LogP contribution in [0.3, 0.4) is 0 Å². The van der Waals surface area contributed by atoms with Gasteiger partial charge in [-0.3, -0.25) is 14.6 Å². The van der Waals surface area contributed by atoms with E-state index in [9.17, 15) is 14.7 Å². The molecule has 0 unspecified atom stereocenters. The summed E-state index contributed by atoms with van der Waals surface area (Å²) in [6, 6.07) is 20.9. The molecule has 2 amide bonds. The minimum atomic E-state index is -1.01. The molecule has 10 nitrogen and oxygen atoms in total. The van der Waals surface area contributed by atoms with E-state index in [-0.39, 0.29) is 12.2 Å². The molecule has 0 aliphatic heterocycles. The van der Waals surface area contributed by atoms with Crippen molar-refractivity contribution >= 4 is 34.1 Å². The third-order valence-electron chi connectivity index (χ3n) is 6.14. The molecule has 10 heteroatoms. The summed E-state index contributed by atoms with van der Waals surface area (Å²) in [7, 11) is 3.18. The molecule has 4 rings (SSSR count). The molecular weight excluding hydrogens is 536 g/mol. The molecule has 4 N–H and O–H groups in total. The number of nitrogens with zero attached hydrogens (tertiary/aromatic N) is 1. The number of methoxy groups -OCH3 is 1. The molecule has 0 spiro atoms. The Kier molecular flexibility index (Phi) is 9.28. The molecule has 0 aliphatic carbocycles. The van der Waals surface area contributed by atoms with Crippen LogP contribution in [0.4, 0.5) is 11.4 Å². The summed E-state index contributed by atoms with van der Waals surface area (Å²) < 4.78 is 17.4. The number of nitrogens with one attached hydrogen (secondary N) is 3. The number of amides is 2. The summed E-state index contributed by atoms with van der Waals surface area (Å²) in [6.45, 7) is 5.05. The molecule has 0 atom stereocenters. The number of aromatic nitrogens is 1. The molecule has 0 bridgehead atoms. The summed E-state index contributed by atoms with van der Waals surface area (Å²) >= 11 is 0. The van der Waals surface area contributed by atoms with Gasteiger partial charge in [-0.1, -0.05) is 18.2 Å². The Morgan fingerprint density at radius 1 is 0.881 bits per heavy atom. The highest BCUT2D eigenvalue weighted by Gasteiger charge is 2.22. The molecular formula is C32H34N4O6. The Hall–Kier alpha value is -5.09. The lowest BCUT2D eigenvalue weighted by Gasteiger charge is -2.19. The Morgan fingerprint density at radius 2 is 1.52 bits per heavy atom. The minimum absolute atomic E-state index is 0.0372. The third-order valence-corrected chi connectivity index (χ3v) is 6.14. The maximum absolute atomic E-state index is 13.1. The molecule has 0 saturated carbocycles. The standard InChI is InChI=1S/C32H34N4O6/c1-20(33-4)29(30(37)35-21-9-7-6-8-10-21)31(38)36-22-11-13-23(14-12-22)42-26-15-16-34-25-18-28(41-19-32(2,3)39)27(40-5)17-24(25)26/h6-18,33,39H,19H2,1-5H3,(H,35,37)(H,36,38)/b29-20+. The number of anilines is 2. The topological polar surface area (TPSA) is 131 Å². The van der Waals surface area contributed by atoms with Gasteiger partial charge in [-0.25, -0.2) is 0 Å². The van der Waals surface area contributed by atoms with E-state index in [1.54, 1.807) is 101 Å². The number of hydrogen-bond donors (Lipinski definition) is 4. The summed E-state index contributed by atoms with van der Waals surface area (Å²) in [5, 5.41) is 19.1. The Labute approximate surface area is 244 Å². The molecule has 0 aliphatic rings. The molecule has 3 aromatic carbocycles. The number of para-hydroxylation sites is 1. The average molecular weight is 571 g/mol. The zero-order chi connectivity index (χ0) is 30.3. The van der Waals surface area contributed by atoms with E-state index < -0.39 is 17.4 Å². The first kappa shape index (κ1) is 29.9. The number of carbonyl (C=O) groups excluding carboxylic acids is 2. The second-order valence-corrected chi connectivity index (χ2v) is 10.1. The van der Waals surface area contributed by atoms with Gasteiger partial charge in [0.05, 0.1) is 18.2 Å². The van der Waals surface area contributed by atoms with Crippen LogP contribution in [0.1, 0.15) is 20.8 Å². The van der Waals surface area contributed by atoms with Crippen LogP contribution in [-0.2, 0) is 9.59 Å². The van der Waals surface area contributed by atoms with Crippen molar-refractivity contribution in [1.82, 2.24) is 10.3 Å². The van der Waals surface area contributed by atoms with Crippen LogP contribution >= 0.6 is 0 Å². The fraction of sp³-hybridized carbons (Fsp3) is 0.219. The van der Waals surface area contributed by atoms with E-state index in [1.165, 1.54) is 7.11 Å². The Balaban J connectivity index is 1.50. The lowest BCUT2D eigenvalue weighted by atomic mass is 10.1. The number of hydrogen-bond acceptors (Lipinski definition) is 8. The number of benzene rings is 3. The molecule has 0 radical (unpaired) electrons. The van der Waals surface area contributed by atoms with Crippen molar-refractivity contribution in [3.05, 3.63) is 90.3 Å². The SMILES string of the molecule is CN/C(C)=C(\C(=O)Nc1ccccc1)C(=O)Nc1ccc(Oc2ccnc3cc(OCC(C)(C)O)c(OC)cc23)cc1. The van der Waals surface area contributed by atoms with E-state index in [2.05, 4.69) is 20.9 Å². The first-order valence-corrected chi connectivity index (χ1v) is 13.2. The second kappa shape index (κ2) is 13.0. The van der Waals surface area contributed by atoms with Crippen molar-refractivity contribution in [3.8, 4) is 23.0 Å². The highest BCUT2D eigenvalue weighted by atomic mass is 16.5. The van der Waals surface area contributed by atoms with Crippen molar-refractivity contribution in [2.75, 3.05) is 31.4 Å². The Bertz CT molecular complexity index is 1600. The van der Waals surface area contributed by atoms with E-state index in [0.29, 0.717) is 51.0 Å². The normalized spacial score (nSPS) is 11.8. The van der Waals surface area contributed by atoms with Gasteiger partial charge in [0.2, 0.25) is 0 Å². The maximum Gasteiger partial charge on any atom is 0.263 e. The van der Waals surface area contributed by atoms with Gasteiger partial charge in [-0.05, 0) is 69.3 Å². The average Bonchev–Trinajstić information content (AvgIpc) is 2.96. The van der Waals surface area contributed by atoms with E-state index in [0.717, 1.165) is 0 Å². The smallest absolute Gasteiger partial charge is 0.263 e. The van der Waals surface area contributed by atoms with E-state index >= 15 is 0 Å².